The second-order valence-electron chi connectivity index (χ2n) is 8.34. The van der Waals surface area contributed by atoms with Crippen molar-refractivity contribution in [1.82, 2.24) is 29.7 Å². The molecular formula is C24H24ClFN6O. The SMILES string of the molecule is Cc1cnc2c(-c3ccc(Cl)cc3F)nc(C3CCOCC3)nc2n1.c1cnn(C2CC2)c1. The average Bonchev–Trinajstić information content (AvgIpc) is 3.53. The van der Waals surface area contributed by atoms with Crippen molar-refractivity contribution in [2.24, 2.45) is 0 Å². The number of fused-ring (bicyclic) bond motifs is 1. The molecule has 1 saturated carbocycles. The van der Waals surface area contributed by atoms with Gasteiger partial charge in [-0.2, -0.15) is 5.10 Å². The zero-order valence-electron chi connectivity index (χ0n) is 18.3. The van der Waals surface area contributed by atoms with E-state index in [1.807, 2.05) is 30.1 Å². The number of hydrogen-bond donors (Lipinski definition) is 0. The molecule has 1 aromatic carbocycles. The summed E-state index contributed by atoms with van der Waals surface area (Å²) < 4.78 is 21.9. The maximum absolute atomic E-state index is 14.5. The van der Waals surface area contributed by atoms with Crippen LogP contribution >= 0.6 is 11.6 Å². The molecule has 0 atom stereocenters. The van der Waals surface area contributed by atoms with Crippen molar-refractivity contribution < 1.29 is 9.13 Å². The van der Waals surface area contributed by atoms with Gasteiger partial charge in [0.1, 0.15) is 22.9 Å². The predicted molar refractivity (Wildman–Crippen MR) is 124 cm³/mol. The summed E-state index contributed by atoms with van der Waals surface area (Å²) in [6.07, 6.45) is 9.82. The molecule has 33 heavy (non-hydrogen) atoms. The topological polar surface area (TPSA) is 78.6 Å². The van der Waals surface area contributed by atoms with E-state index in [4.69, 9.17) is 16.3 Å². The number of rotatable bonds is 3. The van der Waals surface area contributed by atoms with Crippen molar-refractivity contribution >= 4 is 22.8 Å². The van der Waals surface area contributed by atoms with Gasteiger partial charge in [0, 0.05) is 48.3 Å². The second-order valence-corrected chi connectivity index (χ2v) is 8.78. The van der Waals surface area contributed by atoms with Crippen LogP contribution < -0.4 is 0 Å². The van der Waals surface area contributed by atoms with E-state index in [9.17, 15) is 4.39 Å². The standard InChI is InChI=1S/C18H16ClFN4O.C6H8N2/c1-10-9-21-16-15(13-3-2-12(19)8-14(13)20)23-17(24-18(16)22-10)11-4-6-25-7-5-11;1-4-7-8(5-1)6-2-3-6/h2-3,8-9,11H,4-7H2,1H3;1,4-6H,2-3H2. The van der Waals surface area contributed by atoms with Crippen LogP contribution in [0.1, 0.15) is 49.2 Å². The summed E-state index contributed by atoms with van der Waals surface area (Å²) in [6.45, 7) is 3.21. The van der Waals surface area contributed by atoms with Crippen molar-refractivity contribution in [3.8, 4) is 11.3 Å². The van der Waals surface area contributed by atoms with E-state index in [1.165, 1.54) is 18.9 Å². The number of nitrogens with zero attached hydrogens (tertiary/aromatic N) is 6. The molecule has 9 heteroatoms. The van der Waals surface area contributed by atoms with Gasteiger partial charge in [0.2, 0.25) is 0 Å². The summed E-state index contributed by atoms with van der Waals surface area (Å²) in [5.74, 6) is 0.405. The van der Waals surface area contributed by atoms with Crippen LogP contribution in [0.5, 0.6) is 0 Å². The molecule has 2 fully saturated rings. The van der Waals surface area contributed by atoms with Gasteiger partial charge in [-0.25, -0.2) is 24.3 Å². The number of halogens is 2. The first-order chi connectivity index (χ1) is 16.1. The Morgan fingerprint density at radius 3 is 2.61 bits per heavy atom. The Kier molecular flexibility index (Phi) is 6.28. The molecule has 0 amide bonds. The Bertz CT molecular complexity index is 1260. The van der Waals surface area contributed by atoms with E-state index in [2.05, 4.69) is 25.0 Å². The Hall–Kier alpha value is -2.97. The summed E-state index contributed by atoms with van der Waals surface area (Å²) in [7, 11) is 0. The number of hydrogen-bond acceptors (Lipinski definition) is 6. The van der Waals surface area contributed by atoms with Crippen LogP contribution in [-0.4, -0.2) is 42.9 Å². The van der Waals surface area contributed by atoms with Crippen molar-refractivity contribution in [1.29, 1.82) is 0 Å². The molecule has 0 bridgehead atoms. The summed E-state index contributed by atoms with van der Waals surface area (Å²) >= 11 is 5.88. The molecular weight excluding hydrogens is 443 g/mol. The van der Waals surface area contributed by atoms with E-state index in [0.29, 0.717) is 46.5 Å². The molecule has 1 aliphatic carbocycles. The molecule has 1 aliphatic heterocycles. The van der Waals surface area contributed by atoms with Gasteiger partial charge in [-0.3, -0.25) is 4.68 Å². The lowest BCUT2D eigenvalue weighted by atomic mass is 9.99. The lowest BCUT2D eigenvalue weighted by Crippen LogP contribution is -2.17. The minimum absolute atomic E-state index is 0.176. The highest BCUT2D eigenvalue weighted by Gasteiger charge is 2.23. The quantitative estimate of drug-likeness (QED) is 0.407. The highest BCUT2D eigenvalue weighted by molar-refractivity contribution is 6.30. The molecule has 3 aromatic heterocycles. The van der Waals surface area contributed by atoms with E-state index in [0.717, 1.165) is 24.6 Å². The maximum atomic E-state index is 14.5. The smallest absolute Gasteiger partial charge is 0.182 e. The highest BCUT2D eigenvalue weighted by atomic mass is 35.5. The molecule has 4 heterocycles. The molecule has 0 spiro atoms. The fourth-order valence-corrected chi connectivity index (χ4v) is 4.01. The zero-order valence-corrected chi connectivity index (χ0v) is 19.0. The van der Waals surface area contributed by atoms with Gasteiger partial charge in [0.25, 0.3) is 0 Å². The van der Waals surface area contributed by atoms with Crippen molar-refractivity contribution in [2.45, 2.75) is 44.6 Å². The monoisotopic (exact) mass is 466 g/mol. The Balaban J connectivity index is 0.000000238. The normalized spacial score (nSPS) is 16.5. The second kappa shape index (κ2) is 9.49. The van der Waals surface area contributed by atoms with Crippen LogP contribution in [0.15, 0.2) is 42.9 Å². The molecule has 170 valence electrons. The Morgan fingerprint density at radius 1 is 1.09 bits per heavy atom. The van der Waals surface area contributed by atoms with Crippen LogP contribution in [-0.2, 0) is 4.74 Å². The number of aromatic nitrogens is 6. The minimum atomic E-state index is -0.437. The average molecular weight is 467 g/mol. The third kappa shape index (κ3) is 5.02. The molecule has 6 rings (SSSR count). The van der Waals surface area contributed by atoms with Gasteiger partial charge in [0.05, 0.1) is 11.7 Å². The fourth-order valence-electron chi connectivity index (χ4n) is 3.85. The third-order valence-electron chi connectivity index (χ3n) is 5.76. The number of benzene rings is 1. The largest absolute Gasteiger partial charge is 0.381 e. The Labute approximate surface area is 196 Å². The highest BCUT2D eigenvalue weighted by Crippen LogP contribution is 2.33. The van der Waals surface area contributed by atoms with Crippen molar-refractivity contribution in [2.75, 3.05) is 13.2 Å². The third-order valence-corrected chi connectivity index (χ3v) is 6.00. The fraction of sp³-hybridized carbons (Fsp3) is 0.375. The summed E-state index contributed by atoms with van der Waals surface area (Å²) in [6, 6.07) is 7.25. The molecule has 0 radical (unpaired) electrons. The van der Waals surface area contributed by atoms with Gasteiger partial charge in [-0.15, -0.1) is 0 Å². The molecule has 0 unspecified atom stereocenters. The van der Waals surface area contributed by atoms with Gasteiger partial charge in [-0.1, -0.05) is 11.6 Å². The first-order valence-corrected chi connectivity index (χ1v) is 11.5. The molecule has 0 N–H and O–H groups in total. The van der Waals surface area contributed by atoms with E-state index >= 15 is 0 Å². The van der Waals surface area contributed by atoms with Crippen LogP contribution in [0.25, 0.3) is 22.4 Å². The Morgan fingerprint density at radius 2 is 1.91 bits per heavy atom. The summed E-state index contributed by atoms with van der Waals surface area (Å²) in [5, 5.41) is 4.43. The maximum Gasteiger partial charge on any atom is 0.182 e. The molecule has 1 saturated heterocycles. The number of aryl methyl sites for hydroxylation is 1. The molecule has 2 aliphatic rings. The minimum Gasteiger partial charge on any atom is -0.381 e. The zero-order chi connectivity index (χ0) is 22.8. The molecule has 7 nitrogen and oxygen atoms in total. The van der Waals surface area contributed by atoms with E-state index in [-0.39, 0.29) is 5.92 Å². The lowest BCUT2D eigenvalue weighted by molar-refractivity contribution is 0.0836. The van der Waals surface area contributed by atoms with Crippen LogP contribution in [0.3, 0.4) is 0 Å². The summed E-state index contributed by atoms with van der Waals surface area (Å²) in [4.78, 5) is 18.1. The van der Waals surface area contributed by atoms with Gasteiger partial charge < -0.3 is 4.74 Å². The van der Waals surface area contributed by atoms with E-state index < -0.39 is 5.82 Å². The molecule has 4 aromatic rings. The van der Waals surface area contributed by atoms with Crippen molar-refractivity contribution in [3.05, 3.63) is 65.2 Å². The summed E-state index contributed by atoms with van der Waals surface area (Å²) in [5.41, 5.74) is 2.53. The van der Waals surface area contributed by atoms with E-state index in [1.54, 1.807) is 18.3 Å². The lowest BCUT2D eigenvalue weighted by Gasteiger charge is -2.21. The van der Waals surface area contributed by atoms with Crippen LogP contribution in [0, 0.1) is 12.7 Å². The first kappa shape index (κ1) is 21.9. The predicted octanol–water partition coefficient (Wildman–Crippen LogP) is 5.30. The van der Waals surface area contributed by atoms with Crippen molar-refractivity contribution in [3.63, 3.8) is 0 Å². The van der Waals surface area contributed by atoms with Crippen LogP contribution in [0.4, 0.5) is 4.39 Å². The van der Waals surface area contributed by atoms with Crippen LogP contribution in [0.2, 0.25) is 5.02 Å². The number of ether oxygens (including phenoxy) is 1. The van der Waals surface area contributed by atoms with Gasteiger partial charge >= 0.3 is 0 Å². The van der Waals surface area contributed by atoms with Gasteiger partial charge in [-0.05, 0) is 56.9 Å². The first-order valence-electron chi connectivity index (χ1n) is 11.1. The van der Waals surface area contributed by atoms with Gasteiger partial charge in [0.15, 0.2) is 5.65 Å².